The fourth-order valence-electron chi connectivity index (χ4n) is 2.27. The van der Waals surface area contributed by atoms with Gasteiger partial charge < -0.3 is 15.4 Å². The van der Waals surface area contributed by atoms with E-state index in [-0.39, 0.29) is 11.7 Å². The lowest BCUT2D eigenvalue weighted by molar-refractivity contribution is -0.0749. The number of anilines is 2. The number of ether oxygens (including phenoxy) is 1. The molecular formula is C12H19N3O. The van der Waals surface area contributed by atoms with Crippen molar-refractivity contribution < 1.29 is 4.74 Å². The van der Waals surface area contributed by atoms with Gasteiger partial charge in [-0.2, -0.15) is 0 Å². The van der Waals surface area contributed by atoms with Gasteiger partial charge in [0.1, 0.15) is 0 Å². The van der Waals surface area contributed by atoms with Crippen LogP contribution in [0.2, 0.25) is 0 Å². The summed E-state index contributed by atoms with van der Waals surface area (Å²) in [5.74, 6) is 0. The Morgan fingerprint density at radius 1 is 1.50 bits per heavy atom. The van der Waals surface area contributed by atoms with Gasteiger partial charge in [-0.05, 0) is 26.8 Å². The van der Waals surface area contributed by atoms with Gasteiger partial charge in [-0.1, -0.05) is 0 Å². The van der Waals surface area contributed by atoms with Crippen LogP contribution < -0.4 is 10.6 Å². The summed E-state index contributed by atoms with van der Waals surface area (Å²) >= 11 is 0. The van der Waals surface area contributed by atoms with E-state index in [4.69, 9.17) is 10.5 Å². The van der Waals surface area contributed by atoms with Crippen LogP contribution in [0.25, 0.3) is 0 Å². The van der Waals surface area contributed by atoms with E-state index in [0.717, 1.165) is 18.8 Å². The Hall–Kier alpha value is -1.29. The second-order valence-electron chi connectivity index (χ2n) is 5.05. The summed E-state index contributed by atoms with van der Waals surface area (Å²) in [5, 5.41) is 0. The number of nitrogens with two attached hydrogens (primary N) is 1. The first-order valence-corrected chi connectivity index (χ1v) is 5.59. The molecule has 1 aromatic rings. The molecule has 2 rings (SSSR count). The van der Waals surface area contributed by atoms with E-state index in [9.17, 15) is 0 Å². The maximum Gasteiger partial charge on any atom is 0.0805 e. The molecule has 1 fully saturated rings. The first-order valence-electron chi connectivity index (χ1n) is 5.59. The third-order valence-electron chi connectivity index (χ3n) is 2.68. The lowest BCUT2D eigenvalue weighted by atomic mass is 10.1. The van der Waals surface area contributed by atoms with Gasteiger partial charge in [0.2, 0.25) is 0 Å². The van der Waals surface area contributed by atoms with Crippen LogP contribution in [-0.4, -0.2) is 29.8 Å². The number of hydrogen-bond acceptors (Lipinski definition) is 4. The molecule has 0 amide bonds. The Kier molecular flexibility index (Phi) is 2.76. The quantitative estimate of drug-likeness (QED) is 0.783. The second-order valence-corrected chi connectivity index (χ2v) is 5.05. The minimum atomic E-state index is -0.123. The van der Waals surface area contributed by atoms with E-state index >= 15 is 0 Å². The Balaban J connectivity index is 2.21. The van der Waals surface area contributed by atoms with Crippen molar-refractivity contribution >= 4 is 11.4 Å². The molecule has 0 saturated carbocycles. The van der Waals surface area contributed by atoms with Gasteiger partial charge in [0.25, 0.3) is 0 Å². The number of nitrogens with zero attached hydrogens (tertiary/aromatic N) is 2. The van der Waals surface area contributed by atoms with E-state index < -0.39 is 0 Å². The lowest BCUT2D eigenvalue weighted by Crippen LogP contribution is -2.52. The molecule has 4 heteroatoms. The number of pyridine rings is 1. The van der Waals surface area contributed by atoms with Gasteiger partial charge in [0.15, 0.2) is 0 Å². The van der Waals surface area contributed by atoms with Gasteiger partial charge in [-0.15, -0.1) is 0 Å². The van der Waals surface area contributed by atoms with E-state index in [2.05, 4.69) is 30.7 Å². The van der Waals surface area contributed by atoms with Crippen LogP contribution >= 0.6 is 0 Å². The number of nitrogen functional groups attached to an aromatic ring is 1. The van der Waals surface area contributed by atoms with Gasteiger partial charge in [0.05, 0.1) is 29.3 Å². The van der Waals surface area contributed by atoms with Crippen molar-refractivity contribution in [2.24, 2.45) is 0 Å². The summed E-state index contributed by atoms with van der Waals surface area (Å²) in [7, 11) is 0. The van der Waals surface area contributed by atoms with Crippen LogP contribution in [0.4, 0.5) is 11.4 Å². The predicted octanol–water partition coefficient (Wildman–Crippen LogP) is 1.67. The summed E-state index contributed by atoms with van der Waals surface area (Å²) in [5.41, 5.74) is 7.40. The van der Waals surface area contributed by atoms with Crippen molar-refractivity contribution in [1.82, 2.24) is 4.98 Å². The molecule has 0 aliphatic carbocycles. The summed E-state index contributed by atoms with van der Waals surface area (Å²) in [4.78, 5) is 6.40. The van der Waals surface area contributed by atoms with Gasteiger partial charge >= 0.3 is 0 Å². The van der Waals surface area contributed by atoms with E-state index in [0.29, 0.717) is 5.69 Å². The van der Waals surface area contributed by atoms with Crippen LogP contribution in [0, 0.1) is 0 Å². The molecule has 1 atom stereocenters. The predicted molar refractivity (Wildman–Crippen MR) is 65.5 cm³/mol. The fraction of sp³-hybridized carbons (Fsp3) is 0.583. The minimum absolute atomic E-state index is 0.123. The highest BCUT2D eigenvalue weighted by Crippen LogP contribution is 2.26. The molecule has 0 bridgehead atoms. The molecule has 2 N–H and O–H groups in total. The van der Waals surface area contributed by atoms with Crippen LogP contribution in [-0.2, 0) is 4.74 Å². The Morgan fingerprint density at radius 3 is 2.88 bits per heavy atom. The van der Waals surface area contributed by atoms with Crippen molar-refractivity contribution in [2.75, 3.05) is 23.7 Å². The normalized spacial score (nSPS) is 24.4. The molecule has 1 saturated heterocycles. The largest absolute Gasteiger partial charge is 0.397 e. The summed E-state index contributed by atoms with van der Waals surface area (Å²) < 4.78 is 5.86. The third-order valence-corrected chi connectivity index (χ3v) is 2.68. The molecule has 0 spiro atoms. The topological polar surface area (TPSA) is 51.4 Å². The molecule has 1 aliphatic heterocycles. The van der Waals surface area contributed by atoms with E-state index in [1.54, 1.807) is 6.20 Å². The number of hydrogen-bond donors (Lipinski definition) is 1. The van der Waals surface area contributed by atoms with Crippen LogP contribution in [0.5, 0.6) is 0 Å². The Bertz CT molecular complexity index is 378. The number of rotatable bonds is 1. The molecule has 0 radical (unpaired) electrons. The average molecular weight is 221 g/mol. The molecule has 1 unspecified atom stereocenters. The fourth-order valence-corrected chi connectivity index (χ4v) is 2.27. The molecule has 88 valence electrons. The zero-order valence-electron chi connectivity index (χ0n) is 10.1. The molecule has 4 nitrogen and oxygen atoms in total. The zero-order valence-corrected chi connectivity index (χ0v) is 10.1. The average Bonchev–Trinajstić information content (AvgIpc) is 2.14. The van der Waals surface area contributed by atoms with Crippen LogP contribution in [0.15, 0.2) is 18.5 Å². The van der Waals surface area contributed by atoms with Crippen molar-refractivity contribution in [3.8, 4) is 0 Å². The lowest BCUT2D eigenvalue weighted by Gasteiger charge is -2.42. The molecule has 2 heterocycles. The standard InChI is InChI=1S/C12H19N3O/c1-9-7-15(8-12(2,3)16-9)11-4-10(13)5-14-6-11/h4-6,9H,7-8,13H2,1-3H3. The number of aromatic nitrogens is 1. The van der Waals surface area contributed by atoms with Crippen LogP contribution in [0.1, 0.15) is 20.8 Å². The summed E-state index contributed by atoms with van der Waals surface area (Å²) in [6.07, 6.45) is 3.74. The van der Waals surface area contributed by atoms with Crippen molar-refractivity contribution in [1.29, 1.82) is 0 Å². The van der Waals surface area contributed by atoms with Crippen LogP contribution in [0.3, 0.4) is 0 Å². The molecular weight excluding hydrogens is 202 g/mol. The second kappa shape index (κ2) is 3.94. The highest BCUT2D eigenvalue weighted by molar-refractivity contribution is 5.53. The van der Waals surface area contributed by atoms with Crippen molar-refractivity contribution in [3.63, 3.8) is 0 Å². The Morgan fingerprint density at radius 2 is 2.25 bits per heavy atom. The van der Waals surface area contributed by atoms with Gasteiger partial charge in [-0.3, -0.25) is 4.98 Å². The van der Waals surface area contributed by atoms with Crippen molar-refractivity contribution in [3.05, 3.63) is 18.5 Å². The SMILES string of the molecule is CC1CN(c2cncc(N)c2)CC(C)(C)O1. The van der Waals surface area contributed by atoms with Gasteiger partial charge in [-0.25, -0.2) is 0 Å². The highest BCUT2D eigenvalue weighted by atomic mass is 16.5. The van der Waals surface area contributed by atoms with E-state index in [1.807, 2.05) is 12.3 Å². The minimum Gasteiger partial charge on any atom is -0.397 e. The van der Waals surface area contributed by atoms with Gasteiger partial charge in [0, 0.05) is 19.3 Å². The first-order chi connectivity index (χ1) is 7.46. The third kappa shape index (κ3) is 2.44. The Labute approximate surface area is 96.4 Å². The van der Waals surface area contributed by atoms with E-state index in [1.165, 1.54) is 0 Å². The molecule has 0 aromatic carbocycles. The smallest absolute Gasteiger partial charge is 0.0805 e. The first kappa shape index (κ1) is 11.2. The zero-order chi connectivity index (χ0) is 11.8. The van der Waals surface area contributed by atoms with Crippen molar-refractivity contribution in [2.45, 2.75) is 32.5 Å². The molecule has 16 heavy (non-hydrogen) atoms. The number of morpholine rings is 1. The summed E-state index contributed by atoms with van der Waals surface area (Å²) in [6, 6.07) is 1.96. The highest BCUT2D eigenvalue weighted by Gasteiger charge is 2.31. The monoisotopic (exact) mass is 221 g/mol. The summed E-state index contributed by atoms with van der Waals surface area (Å²) in [6.45, 7) is 8.05. The maximum atomic E-state index is 5.86. The molecule has 1 aliphatic rings. The molecule has 1 aromatic heterocycles. The maximum absolute atomic E-state index is 5.86.